The first-order chi connectivity index (χ1) is 31.0. The van der Waals surface area contributed by atoms with E-state index in [0.717, 1.165) is 54.4 Å². The first-order valence-electron chi connectivity index (χ1n) is 21.6. The second-order valence-corrected chi connectivity index (χ2v) is 16.0. The van der Waals surface area contributed by atoms with Gasteiger partial charge in [0, 0.05) is 34.4 Å². The molecule has 10 nitrogen and oxygen atoms in total. The van der Waals surface area contributed by atoms with E-state index >= 15 is 0 Å². The highest BCUT2D eigenvalue weighted by Gasteiger charge is 2.33. The molecule has 0 spiro atoms. The zero-order valence-corrected chi connectivity index (χ0v) is 35.1. The van der Waals surface area contributed by atoms with Crippen LogP contribution in [0.15, 0.2) is 158 Å². The SMILES string of the molecule is CCC1CC(CCCOc2ccc(-c3nc(-c4ccccc4)nc(-c4ccccc4)n3)c(O)c2)C(COc2ccc(-c3nc(-c4ccccc4)nc(-c4ccccc4)n3)c(O)c2)C1. The topological polar surface area (TPSA) is 136 Å². The van der Waals surface area contributed by atoms with Gasteiger partial charge in [0.05, 0.1) is 24.3 Å². The molecular weight excluding hydrogens is 785 g/mol. The van der Waals surface area contributed by atoms with Crippen LogP contribution in [-0.2, 0) is 0 Å². The summed E-state index contributed by atoms with van der Waals surface area (Å²) >= 11 is 0. The predicted molar refractivity (Wildman–Crippen MR) is 246 cm³/mol. The highest BCUT2D eigenvalue weighted by molar-refractivity contribution is 5.72. The van der Waals surface area contributed by atoms with Crippen LogP contribution in [0.4, 0.5) is 0 Å². The molecule has 10 heteroatoms. The summed E-state index contributed by atoms with van der Waals surface area (Å²) in [6, 6.07) is 49.7. The lowest BCUT2D eigenvalue weighted by molar-refractivity contribution is 0.198. The molecule has 0 radical (unpaired) electrons. The molecule has 2 N–H and O–H groups in total. The van der Waals surface area contributed by atoms with Crippen LogP contribution in [0, 0.1) is 17.8 Å². The van der Waals surface area contributed by atoms with Gasteiger partial charge in [-0.05, 0) is 67.7 Å². The van der Waals surface area contributed by atoms with E-state index in [9.17, 15) is 10.2 Å². The Balaban J connectivity index is 0.835. The summed E-state index contributed by atoms with van der Waals surface area (Å²) in [6.45, 7) is 3.34. The van der Waals surface area contributed by atoms with Crippen molar-refractivity contribution >= 4 is 0 Å². The maximum absolute atomic E-state index is 11.3. The molecule has 0 saturated heterocycles. The second kappa shape index (κ2) is 19.1. The lowest BCUT2D eigenvalue weighted by Crippen LogP contribution is -2.17. The van der Waals surface area contributed by atoms with Crippen LogP contribution in [-0.4, -0.2) is 53.3 Å². The van der Waals surface area contributed by atoms with Crippen molar-refractivity contribution in [3.8, 4) is 91.3 Å². The van der Waals surface area contributed by atoms with Crippen molar-refractivity contribution < 1.29 is 19.7 Å². The maximum atomic E-state index is 11.3. The molecule has 3 atom stereocenters. The van der Waals surface area contributed by atoms with Gasteiger partial charge in [0.1, 0.15) is 23.0 Å². The Morgan fingerprint density at radius 1 is 0.460 bits per heavy atom. The van der Waals surface area contributed by atoms with E-state index in [0.29, 0.717) is 88.5 Å². The van der Waals surface area contributed by atoms with Crippen molar-refractivity contribution in [3.63, 3.8) is 0 Å². The quantitative estimate of drug-likeness (QED) is 0.0961. The summed E-state index contributed by atoms with van der Waals surface area (Å²) in [7, 11) is 0. The Kier molecular flexibility index (Phi) is 12.4. The fourth-order valence-corrected chi connectivity index (χ4v) is 8.41. The Morgan fingerprint density at radius 2 is 0.841 bits per heavy atom. The normalized spacial score (nSPS) is 15.9. The second-order valence-electron chi connectivity index (χ2n) is 16.0. The monoisotopic (exact) mass is 832 g/mol. The average molecular weight is 833 g/mol. The standard InChI is InChI=1S/C53H48N6O4/c1-2-35-30-40(24-15-29-62-42-25-27-44(46(60)32-42)52-56-48(36-16-7-3-8-17-36)54-49(57-52)37-18-9-4-10-19-37)41(31-35)34-63-43-26-28-45(47(61)33-43)53-58-50(38-20-11-5-12-21-38)55-51(59-53)39-22-13-6-14-23-39/h3-14,16-23,25-28,32-33,35,40-41,60-61H,2,15,24,29-31,34H2,1H3. The Labute approximate surface area is 367 Å². The molecule has 1 fully saturated rings. The summed E-state index contributed by atoms with van der Waals surface area (Å²) < 4.78 is 12.6. The van der Waals surface area contributed by atoms with Gasteiger partial charge in [0.25, 0.3) is 0 Å². The summed E-state index contributed by atoms with van der Waals surface area (Å²) in [6.07, 6.45) is 5.25. The van der Waals surface area contributed by atoms with Crippen molar-refractivity contribution in [1.29, 1.82) is 0 Å². The Bertz CT molecular complexity index is 2660. The zero-order valence-electron chi connectivity index (χ0n) is 35.1. The minimum absolute atomic E-state index is 0.0387. The van der Waals surface area contributed by atoms with Crippen molar-refractivity contribution in [2.45, 2.75) is 39.0 Å². The third-order valence-corrected chi connectivity index (χ3v) is 11.8. The molecule has 1 aliphatic rings. The van der Waals surface area contributed by atoms with Crippen molar-refractivity contribution in [1.82, 2.24) is 29.9 Å². The number of ether oxygens (including phenoxy) is 2. The molecule has 0 aliphatic heterocycles. The molecule has 1 aliphatic carbocycles. The van der Waals surface area contributed by atoms with Gasteiger partial charge in [0.15, 0.2) is 34.9 Å². The number of nitrogens with zero attached hydrogens (tertiary/aromatic N) is 6. The number of aromatic nitrogens is 6. The smallest absolute Gasteiger partial charge is 0.167 e. The molecule has 2 aromatic heterocycles. The first-order valence-corrected chi connectivity index (χ1v) is 21.6. The van der Waals surface area contributed by atoms with Crippen LogP contribution in [0.1, 0.15) is 39.0 Å². The van der Waals surface area contributed by atoms with E-state index in [1.165, 1.54) is 0 Å². The lowest BCUT2D eigenvalue weighted by Gasteiger charge is -2.20. The number of hydrogen-bond donors (Lipinski definition) is 2. The fraction of sp³-hybridized carbons (Fsp3) is 0.208. The van der Waals surface area contributed by atoms with Crippen molar-refractivity contribution in [3.05, 3.63) is 158 Å². The molecule has 0 bridgehead atoms. The first kappa shape index (κ1) is 40.9. The van der Waals surface area contributed by atoms with Crippen LogP contribution < -0.4 is 9.47 Å². The van der Waals surface area contributed by atoms with Gasteiger partial charge in [-0.25, -0.2) is 29.9 Å². The number of rotatable bonds is 15. The van der Waals surface area contributed by atoms with Crippen LogP contribution in [0.3, 0.4) is 0 Å². The zero-order chi connectivity index (χ0) is 43.0. The van der Waals surface area contributed by atoms with Gasteiger partial charge in [0.2, 0.25) is 0 Å². The molecule has 2 heterocycles. The highest BCUT2D eigenvalue weighted by atomic mass is 16.5. The summed E-state index contributed by atoms with van der Waals surface area (Å²) in [4.78, 5) is 28.6. The van der Waals surface area contributed by atoms with Crippen LogP contribution in [0.2, 0.25) is 0 Å². The van der Waals surface area contributed by atoms with Gasteiger partial charge in [-0.1, -0.05) is 135 Å². The molecule has 1 saturated carbocycles. The molecule has 0 amide bonds. The number of phenolic OH excluding ortho intramolecular Hbond substituents is 2. The summed E-state index contributed by atoms with van der Waals surface area (Å²) in [5, 5.41) is 22.5. The average Bonchev–Trinajstić information content (AvgIpc) is 3.75. The van der Waals surface area contributed by atoms with E-state index in [1.54, 1.807) is 18.2 Å². The number of aromatic hydroxyl groups is 2. The van der Waals surface area contributed by atoms with Gasteiger partial charge in [-0.3, -0.25) is 0 Å². The van der Waals surface area contributed by atoms with E-state index in [-0.39, 0.29) is 11.5 Å². The third-order valence-electron chi connectivity index (χ3n) is 11.8. The van der Waals surface area contributed by atoms with E-state index in [2.05, 4.69) is 6.92 Å². The van der Waals surface area contributed by atoms with Gasteiger partial charge < -0.3 is 19.7 Å². The third kappa shape index (κ3) is 9.71. The number of benzene rings is 6. The van der Waals surface area contributed by atoms with Crippen LogP contribution >= 0.6 is 0 Å². The number of phenols is 2. The lowest BCUT2D eigenvalue weighted by atomic mass is 9.92. The fourth-order valence-electron chi connectivity index (χ4n) is 8.41. The van der Waals surface area contributed by atoms with Crippen LogP contribution in [0.25, 0.3) is 68.3 Å². The minimum atomic E-state index is 0.0387. The summed E-state index contributed by atoms with van der Waals surface area (Å²) in [5.74, 6) is 5.69. The molecule has 6 aromatic carbocycles. The van der Waals surface area contributed by atoms with Gasteiger partial charge in [-0.2, -0.15) is 0 Å². The molecule has 63 heavy (non-hydrogen) atoms. The maximum Gasteiger partial charge on any atom is 0.167 e. The number of hydrogen-bond acceptors (Lipinski definition) is 10. The van der Waals surface area contributed by atoms with Gasteiger partial charge >= 0.3 is 0 Å². The Morgan fingerprint density at radius 3 is 1.24 bits per heavy atom. The summed E-state index contributed by atoms with van der Waals surface area (Å²) in [5.41, 5.74) is 4.46. The van der Waals surface area contributed by atoms with Crippen molar-refractivity contribution in [2.75, 3.05) is 13.2 Å². The Hall–Kier alpha value is -7.46. The van der Waals surface area contributed by atoms with E-state index in [4.69, 9.17) is 39.4 Å². The predicted octanol–water partition coefficient (Wildman–Crippen LogP) is 11.8. The molecule has 9 rings (SSSR count). The minimum Gasteiger partial charge on any atom is -0.507 e. The highest BCUT2D eigenvalue weighted by Crippen LogP contribution is 2.42. The van der Waals surface area contributed by atoms with E-state index < -0.39 is 0 Å². The molecule has 3 unspecified atom stereocenters. The molecular formula is C53H48N6O4. The molecule has 8 aromatic rings. The van der Waals surface area contributed by atoms with Gasteiger partial charge in [-0.15, -0.1) is 0 Å². The van der Waals surface area contributed by atoms with Crippen molar-refractivity contribution in [2.24, 2.45) is 17.8 Å². The largest absolute Gasteiger partial charge is 0.507 e. The molecule has 314 valence electrons. The van der Waals surface area contributed by atoms with E-state index in [1.807, 2.05) is 140 Å². The van der Waals surface area contributed by atoms with Crippen LogP contribution in [0.5, 0.6) is 23.0 Å².